The number of carbonyl (C=O) groups is 2. The van der Waals surface area contributed by atoms with Crippen LogP contribution in [0.15, 0.2) is 18.2 Å². The van der Waals surface area contributed by atoms with Crippen LogP contribution >= 0.6 is 0 Å². The molecule has 1 aromatic carbocycles. The van der Waals surface area contributed by atoms with E-state index in [9.17, 15) is 9.59 Å². The molecule has 23 heavy (non-hydrogen) atoms. The van der Waals surface area contributed by atoms with Gasteiger partial charge < -0.3 is 19.9 Å². The summed E-state index contributed by atoms with van der Waals surface area (Å²) in [6.07, 6.45) is 0.0861. The van der Waals surface area contributed by atoms with Crippen LogP contribution in [0.25, 0.3) is 0 Å². The fourth-order valence-electron chi connectivity index (χ4n) is 2.45. The normalized spacial score (nSPS) is 12.4. The molecule has 0 aliphatic rings. The maximum absolute atomic E-state index is 12.2. The third-order valence-electron chi connectivity index (χ3n) is 3.55. The summed E-state index contributed by atoms with van der Waals surface area (Å²) < 4.78 is 10.5. The van der Waals surface area contributed by atoms with Crippen LogP contribution in [0.4, 0.5) is 0 Å². The summed E-state index contributed by atoms with van der Waals surface area (Å²) in [4.78, 5) is 23.0. The van der Waals surface area contributed by atoms with Gasteiger partial charge in [0.05, 0.1) is 26.7 Å². The van der Waals surface area contributed by atoms with E-state index < -0.39 is 11.4 Å². The molecular formula is C17H25NO5. The first-order valence-electron chi connectivity index (χ1n) is 7.41. The van der Waals surface area contributed by atoms with Crippen molar-refractivity contribution in [1.29, 1.82) is 0 Å². The van der Waals surface area contributed by atoms with Crippen LogP contribution in [0.2, 0.25) is 0 Å². The Kier molecular flexibility index (Phi) is 6.42. The van der Waals surface area contributed by atoms with Crippen LogP contribution in [-0.4, -0.2) is 31.2 Å². The number of carbonyl (C=O) groups excluding carboxylic acids is 1. The molecule has 6 nitrogen and oxygen atoms in total. The van der Waals surface area contributed by atoms with E-state index in [4.69, 9.17) is 14.6 Å². The summed E-state index contributed by atoms with van der Waals surface area (Å²) >= 11 is 0. The van der Waals surface area contributed by atoms with Crippen LogP contribution < -0.4 is 14.8 Å². The lowest BCUT2D eigenvalue weighted by atomic mass is 9.85. The topological polar surface area (TPSA) is 84.9 Å². The fourth-order valence-corrected chi connectivity index (χ4v) is 2.45. The van der Waals surface area contributed by atoms with Crippen LogP contribution in [0.3, 0.4) is 0 Å². The van der Waals surface area contributed by atoms with Gasteiger partial charge in [0.15, 0.2) is 0 Å². The molecule has 0 aliphatic carbocycles. The molecule has 0 saturated heterocycles. The molecule has 0 bridgehead atoms. The zero-order valence-corrected chi connectivity index (χ0v) is 14.3. The summed E-state index contributed by atoms with van der Waals surface area (Å²) in [6, 6.07) is 5.13. The molecule has 0 fully saturated rings. The predicted octanol–water partition coefficient (Wildman–Crippen LogP) is 2.77. The Hall–Kier alpha value is -2.24. The Bertz CT molecular complexity index is 568. The lowest BCUT2D eigenvalue weighted by Gasteiger charge is -2.24. The van der Waals surface area contributed by atoms with Gasteiger partial charge in [0.25, 0.3) is 0 Å². The molecule has 1 amide bonds. The molecule has 6 heteroatoms. The largest absolute Gasteiger partial charge is 0.497 e. The van der Waals surface area contributed by atoms with Crippen molar-refractivity contribution in [3.8, 4) is 11.5 Å². The highest BCUT2D eigenvalue weighted by Crippen LogP contribution is 2.30. The Labute approximate surface area is 136 Å². The van der Waals surface area contributed by atoms with Gasteiger partial charge in [-0.3, -0.25) is 9.59 Å². The first kappa shape index (κ1) is 18.8. The van der Waals surface area contributed by atoms with Gasteiger partial charge in [0.2, 0.25) is 5.91 Å². The molecule has 0 heterocycles. The fraction of sp³-hybridized carbons (Fsp3) is 0.529. The van der Waals surface area contributed by atoms with Crippen LogP contribution in [0.1, 0.15) is 45.2 Å². The monoisotopic (exact) mass is 323 g/mol. The van der Waals surface area contributed by atoms with E-state index in [1.54, 1.807) is 40.2 Å². The first-order valence-corrected chi connectivity index (χ1v) is 7.41. The number of aliphatic carboxylic acids is 1. The predicted molar refractivity (Wildman–Crippen MR) is 86.8 cm³/mol. The van der Waals surface area contributed by atoms with Crippen molar-refractivity contribution in [3.05, 3.63) is 23.8 Å². The van der Waals surface area contributed by atoms with Crippen molar-refractivity contribution in [1.82, 2.24) is 5.32 Å². The summed E-state index contributed by atoms with van der Waals surface area (Å²) in [7, 11) is 3.13. The number of nitrogens with one attached hydrogen (secondary N) is 1. The Morgan fingerprint density at radius 1 is 1.22 bits per heavy atom. The number of ether oxygens (including phenoxy) is 2. The van der Waals surface area contributed by atoms with Crippen LogP contribution in [-0.2, 0) is 9.59 Å². The molecular weight excluding hydrogens is 298 g/mol. The van der Waals surface area contributed by atoms with Gasteiger partial charge in [-0.2, -0.15) is 0 Å². The van der Waals surface area contributed by atoms with Crippen molar-refractivity contribution in [2.24, 2.45) is 5.41 Å². The van der Waals surface area contributed by atoms with Crippen molar-refractivity contribution in [3.63, 3.8) is 0 Å². The maximum Gasteiger partial charge on any atom is 0.303 e. The molecule has 1 aromatic rings. The third kappa shape index (κ3) is 5.81. The second-order valence-electron chi connectivity index (χ2n) is 6.31. The molecule has 0 aliphatic heterocycles. The Balaban J connectivity index is 2.77. The minimum atomic E-state index is -0.910. The number of methoxy groups -OCH3 is 2. The summed E-state index contributed by atoms with van der Waals surface area (Å²) in [5, 5.41) is 11.8. The quantitative estimate of drug-likeness (QED) is 0.768. The van der Waals surface area contributed by atoms with Gasteiger partial charge in [-0.15, -0.1) is 0 Å². The smallest absolute Gasteiger partial charge is 0.303 e. The van der Waals surface area contributed by atoms with Crippen LogP contribution in [0, 0.1) is 5.41 Å². The first-order chi connectivity index (χ1) is 10.7. The number of amides is 1. The maximum atomic E-state index is 12.2. The van der Waals surface area contributed by atoms with E-state index in [-0.39, 0.29) is 24.8 Å². The van der Waals surface area contributed by atoms with Gasteiger partial charge in [0.1, 0.15) is 11.5 Å². The molecule has 128 valence electrons. The number of carboxylic acids is 1. The molecule has 0 radical (unpaired) electrons. The highest BCUT2D eigenvalue weighted by Gasteiger charge is 2.26. The molecule has 0 unspecified atom stereocenters. The minimum Gasteiger partial charge on any atom is -0.497 e. The second-order valence-corrected chi connectivity index (χ2v) is 6.31. The number of carboxylic acid groups (broad SMARTS) is 1. The van der Waals surface area contributed by atoms with Crippen LogP contribution in [0.5, 0.6) is 11.5 Å². The highest BCUT2D eigenvalue weighted by molar-refractivity contribution is 5.78. The summed E-state index contributed by atoms with van der Waals surface area (Å²) in [5.41, 5.74) is 0.234. The number of rotatable bonds is 8. The average Bonchev–Trinajstić information content (AvgIpc) is 2.43. The zero-order chi connectivity index (χ0) is 17.6. The molecule has 0 aromatic heterocycles. The lowest BCUT2D eigenvalue weighted by molar-refractivity contribution is -0.139. The number of hydrogen-bond acceptors (Lipinski definition) is 4. The summed E-state index contributed by atoms with van der Waals surface area (Å²) in [6.45, 7) is 5.38. The minimum absolute atomic E-state index is 0.0549. The Morgan fingerprint density at radius 2 is 1.87 bits per heavy atom. The van der Waals surface area contributed by atoms with Crippen molar-refractivity contribution in [2.45, 2.75) is 39.7 Å². The zero-order valence-electron chi connectivity index (χ0n) is 14.3. The molecule has 0 saturated carbocycles. The van der Waals surface area contributed by atoms with E-state index in [1.165, 1.54) is 0 Å². The van der Waals surface area contributed by atoms with Crippen molar-refractivity contribution < 1.29 is 24.2 Å². The number of benzene rings is 1. The van der Waals surface area contributed by atoms with Gasteiger partial charge >= 0.3 is 5.97 Å². The van der Waals surface area contributed by atoms with E-state index >= 15 is 0 Å². The molecule has 1 rings (SSSR count). The number of hydrogen-bond donors (Lipinski definition) is 2. The van der Waals surface area contributed by atoms with Gasteiger partial charge in [-0.05, 0) is 24.5 Å². The average molecular weight is 323 g/mol. The molecule has 0 spiro atoms. The van der Waals surface area contributed by atoms with Crippen molar-refractivity contribution >= 4 is 11.9 Å². The van der Waals surface area contributed by atoms with E-state index in [0.717, 1.165) is 5.56 Å². The van der Waals surface area contributed by atoms with Crippen molar-refractivity contribution in [2.75, 3.05) is 14.2 Å². The SMILES string of the molecule is COc1ccc([C@H](C)NC(=O)CC(C)(C)CC(=O)O)c(OC)c1. The Morgan fingerprint density at radius 3 is 2.39 bits per heavy atom. The van der Waals surface area contributed by atoms with E-state index in [2.05, 4.69) is 5.32 Å². The van der Waals surface area contributed by atoms with E-state index in [1.807, 2.05) is 13.0 Å². The standard InChI is InChI=1S/C17H25NO5/c1-11(13-7-6-12(22-4)8-14(13)23-5)18-15(19)9-17(2,3)10-16(20)21/h6-8,11H,9-10H2,1-5H3,(H,18,19)(H,20,21)/t11-/m0/s1. The van der Waals surface area contributed by atoms with Gasteiger partial charge in [-0.25, -0.2) is 0 Å². The third-order valence-corrected chi connectivity index (χ3v) is 3.55. The molecule has 2 N–H and O–H groups in total. The lowest BCUT2D eigenvalue weighted by Crippen LogP contribution is -2.32. The molecule has 1 atom stereocenters. The van der Waals surface area contributed by atoms with Gasteiger partial charge in [-0.1, -0.05) is 13.8 Å². The highest BCUT2D eigenvalue weighted by atomic mass is 16.5. The second kappa shape index (κ2) is 7.85. The summed E-state index contributed by atoms with van der Waals surface area (Å²) in [5.74, 6) is 0.197. The van der Waals surface area contributed by atoms with E-state index in [0.29, 0.717) is 11.5 Å². The van der Waals surface area contributed by atoms with Gasteiger partial charge in [0, 0.05) is 18.1 Å².